The molecule has 0 atom stereocenters. The third-order valence-electron chi connectivity index (χ3n) is 0.471. The molecule has 0 fully saturated rings. The molecule has 0 aromatic carbocycles. The molecule has 0 aliphatic carbocycles. The molecule has 0 aliphatic heterocycles. The fourth-order valence-corrected chi connectivity index (χ4v) is 0.154. The lowest BCUT2D eigenvalue weighted by atomic mass is 10.9. The van der Waals surface area contributed by atoms with E-state index < -0.39 is 16.1 Å². The summed E-state index contributed by atoms with van der Waals surface area (Å²) in [6.07, 6.45) is -2.56. The average Bonchev–Trinajstić information content (AvgIpc) is 1.64. The van der Waals surface area contributed by atoms with E-state index in [4.69, 9.17) is 0 Å². The van der Waals surface area contributed by atoms with Crippen LogP contribution in [0.2, 0.25) is 0 Å². The first-order valence-corrected chi connectivity index (χ1v) is 1.69. The Morgan fingerprint density at radius 3 is 1.56 bits per heavy atom. The maximum atomic E-state index is 9.44. The Bertz CT molecular complexity index is 138. The van der Waals surface area contributed by atoms with Crippen molar-refractivity contribution in [3.8, 4) is 0 Å². The quantitative estimate of drug-likeness (QED) is 0.225. The largest absolute Gasteiger partial charge is 0.585 e. The summed E-state index contributed by atoms with van der Waals surface area (Å²) >= 11 is 0. The highest BCUT2D eigenvalue weighted by atomic mass is 16.7. The van der Waals surface area contributed by atoms with Crippen LogP contribution in [0.3, 0.4) is 0 Å². The second kappa shape index (κ2) is 2.64. The van der Waals surface area contributed by atoms with Crippen LogP contribution in [-0.4, -0.2) is 16.1 Å². The van der Waals surface area contributed by atoms with Gasteiger partial charge in [-0.15, -0.1) is 4.91 Å². The van der Waals surface area contributed by atoms with Crippen LogP contribution in [0.25, 0.3) is 0 Å². The highest BCUT2D eigenvalue weighted by molar-refractivity contribution is 4.31. The Hall–Kier alpha value is -1.60. The Kier molecular flexibility index (Phi) is 2.17. The molecule has 8 heteroatoms. The number of nitroso groups, excluding NO2 is 1. The Morgan fingerprint density at radius 1 is 1.22 bits per heavy atom. The maximum Gasteiger partial charge on any atom is 0.585 e. The Labute approximate surface area is 47.7 Å². The van der Waals surface area contributed by atoms with Crippen LogP contribution in [0.1, 0.15) is 0 Å². The van der Waals surface area contributed by atoms with E-state index in [0.717, 1.165) is 0 Å². The number of hydrogen-bond acceptors (Lipinski definition) is 6. The minimum Gasteiger partial charge on any atom is -0.257 e. The standard InChI is InChI=1S/CHN3O5/c5-2-1(3(6)7)4(8)9/h1H. The molecule has 0 aliphatic rings. The van der Waals surface area contributed by atoms with Gasteiger partial charge in [0.15, 0.2) is 0 Å². The smallest absolute Gasteiger partial charge is 0.257 e. The van der Waals surface area contributed by atoms with Gasteiger partial charge in [0, 0.05) is 0 Å². The summed E-state index contributed by atoms with van der Waals surface area (Å²) in [5.74, 6) is 0. The summed E-state index contributed by atoms with van der Waals surface area (Å²) < 4.78 is 0. The molecule has 0 N–H and O–H groups in total. The number of rotatable bonds is 3. The van der Waals surface area contributed by atoms with E-state index in [0.29, 0.717) is 0 Å². The minimum atomic E-state index is -2.56. The lowest BCUT2D eigenvalue weighted by Crippen LogP contribution is -2.25. The fourth-order valence-electron chi connectivity index (χ4n) is 0.154. The van der Waals surface area contributed by atoms with Crippen LogP contribution in [0, 0.1) is 25.1 Å². The van der Waals surface area contributed by atoms with Crippen molar-refractivity contribution in [3.63, 3.8) is 0 Å². The summed E-state index contributed by atoms with van der Waals surface area (Å²) in [6, 6.07) is 0. The summed E-state index contributed by atoms with van der Waals surface area (Å²) in [5, 5.41) is 20.5. The molecule has 0 aromatic rings. The van der Waals surface area contributed by atoms with Gasteiger partial charge in [0.05, 0.1) is 5.18 Å². The molecule has 0 saturated carbocycles. The molecule has 0 amide bonds. The molecule has 0 radical (unpaired) electrons. The number of nitro groups is 2. The summed E-state index contributed by atoms with van der Waals surface area (Å²) in [5.41, 5.74) is 0. The molecule has 8 nitrogen and oxygen atoms in total. The molecule has 0 saturated heterocycles. The third kappa shape index (κ3) is 1.76. The Morgan fingerprint density at radius 2 is 1.56 bits per heavy atom. The molecule has 50 valence electrons. The van der Waals surface area contributed by atoms with E-state index in [-0.39, 0.29) is 0 Å². The van der Waals surface area contributed by atoms with Gasteiger partial charge in [-0.25, -0.2) is 0 Å². The first-order valence-electron chi connectivity index (χ1n) is 1.69. The highest BCUT2D eigenvalue weighted by Crippen LogP contribution is 1.90. The van der Waals surface area contributed by atoms with Crippen molar-refractivity contribution in [2.75, 3.05) is 0 Å². The average molecular weight is 135 g/mol. The lowest BCUT2D eigenvalue weighted by molar-refractivity contribution is -0.740. The van der Waals surface area contributed by atoms with Crippen molar-refractivity contribution in [1.29, 1.82) is 0 Å². The number of nitrogens with zero attached hydrogens (tertiary/aromatic N) is 3. The molecule has 0 bridgehead atoms. The van der Waals surface area contributed by atoms with Crippen molar-refractivity contribution >= 4 is 0 Å². The van der Waals surface area contributed by atoms with Gasteiger partial charge in [0.1, 0.15) is 9.85 Å². The maximum absolute atomic E-state index is 9.44. The molecule has 0 aromatic heterocycles. The van der Waals surface area contributed by atoms with E-state index >= 15 is 0 Å². The zero-order chi connectivity index (χ0) is 7.44. The molecular weight excluding hydrogens is 134 g/mol. The van der Waals surface area contributed by atoms with Gasteiger partial charge in [-0.2, -0.15) is 0 Å². The Balaban J connectivity index is 4.16. The molecule has 0 unspecified atom stereocenters. The lowest BCUT2D eigenvalue weighted by Gasteiger charge is -1.87. The molecular formula is CHN3O5. The highest BCUT2D eigenvalue weighted by Gasteiger charge is 2.32. The molecule has 0 spiro atoms. The third-order valence-corrected chi connectivity index (χ3v) is 0.471. The van der Waals surface area contributed by atoms with Crippen LogP contribution >= 0.6 is 0 Å². The van der Waals surface area contributed by atoms with Crippen LogP contribution in [0.15, 0.2) is 5.18 Å². The zero-order valence-electron chi connectivity index (χ0n) is 3.96. The van der Waals surface area contributed by atoms with Crippen molar-refractivity contribution in [1.82, 2.24) is 0 Å². The van der Waals surface area contributed by atoms with Gasteiger partial charge in [-0.05, 0) is 0 Å². The van der Waals surface area contributed by atoms with Gasteiger partial charge in [-0.3, -0.25) is 20.2 Å². The van der Waals surface area contributed by atoms with Gasteiger partial charge in [0.2, 0.25) is 0 Å². The molecule has 0 rings (SSSR count). The predicted octanol–water partition coefficient (Wildman–Crippen LogP) is -0.410. The van der Waals surface area contributed by atoms with Crippen LogP contribution in [-0.2, 0) is 0 Å². The van der Waals surface area contributed by atoms with E-state index in [1.54, 1.807) is 5.18 Å². The SMILES string of the molecule is O=NC([N+](=O)[O-])[N+](=O)[O-]. The predicted molar refractivity (Wildman–Crippen MR) is 23.6 cm³/mol. The summed E-state index contributed by atoms with van der Waals surface area (Å²) in [6.45, 7) is 0. The van der Waals surface area contributed by atoms with Gasteiger partial charge in [0.25, 0.3) is 0 Å². The monoisotopic (exact) mass is 135 g/mol. The van der Waals surface area contributed by atoms with E-state index in [1.807, 2.05) is 0 Å². The van der Waals surface area contributed by atoms with Crippen LogP contribution in [0.5, 0.6) is 0 Å². The van der Waals surface area contributed by atoms with Gasteiger partial charge >= 0.3 is 6.29 Å². The minimum absolute atomic E-state index is 1.38. The normalized spacial score (nSPS) is 9.00. The first-order chi connectivity index (χ1) is 4.09. The molecule has 9 heavy (non-hydrogen) atoms. The zero-order valence-corrected chi connectivity index (χ0v) is 3.96. The van der Waals surface area contributed by atoms with E-state index in [1.165, 1.54) is 0 Å². The van der Waals surface area contributed by atoms with Crippen molar-refractivity contribution < 1.29 is 9.85 Å². The first kappa shape index (κ1) is 7.40. The van der Waals surface area contributed by atoms with E-state index in [9.17, 15) is 25.1 Å². The van der Waals surface area contributed by atoms with Crippen molar-refractivity contribution in [3.05, 3.63) is 25.1 Å². The van der Waals surface area contributed by atoms with Crippen LogP contribution in [0.4, 0.5) is 0 Å². The van der Waals surface area contributed by atoms with Crippen LogP contribution < -0.4 is 0 Å². The summed E-state index contributed by atoms with van der Waals surface area (Å²) in [4.78, 5) is 25.4. The summed E-state index contributed by atoms with van der Waals surface area (Å²) in [7, 11) is 0. The van der Waals surface area contributed by atoms with E-state index in [2.05, 4.69) is 0 Å². The van der Waals surface area contributed by atoms with Gasteiger partial charge in [-0.1, -0.05) is 0 Å². The van der Waals surface area contributed by atoms with Crippen molar-refractivity contribution in [2.45, 2.75) is 6.29 Å². The van der Waals surface area contributed by atoms with Crippen molar-refractivity contribution in [2.24, 2.45) is 5.18 Å². The van der Waals surface area contributed by atoms with Gasteiger partial charge < -0.3 is 0 Å². The fraction of sp³-hybridized carbons (Fsp3) is 1.00. The second-order valence-corrected chi connectivity index (χ2v) is 1.02. The topological polar surface area (TPSA) is 116 Å². The molecule has 0 heterocycles. The number of hydrogen-bond donors (Lipinski definition) is 0. The second-order valence-electron chi connectivity index (χ2n) is 1.02.